The number of nitrogens with zero attached hydrogens (tertiary/aromatic N) is 2. The monoisotopic (exact) mass is 296 g/mol. The molecule has 3 aromatic rings. The second-order valence-corrected chi connectivity index (χ2v) is 5.09. The largest absolute Gasteiger partial charge is 0.311 e. The van der Waals surface area contributed by atoms with Crippen molar-refractivity contribution in [2.24, 2.45) is 0 Å². The van der Waals surface area contributed by atoms with Gasteiger partial charge in [0.05, 0.1) is 10.9 Å². The van der Waals surface area contributed by atoms with E-state index >= 15 is 0 Å². The van der Waals surface area contributed by atoms with Crippen LogP contribution in [0.4, 0.5) is 5.00 Å². The number of hydrogen-bond acceptors (Lipinski definition) is 5. The van der Waals surface area contributed by atoms with Crippen LogP contribution < -0.4 is 10.9 Å². The summed E-state index contributed by atoms with van der Waals surface area (Å²) < 4.78 is 0. The van der Waals surface area contributed by atoms with Gasteiger partial charge < -0.3 is 5.32 Å². The summed E-state index contributed by atoms with van der Waals surface area (Å²) in [7, 11) is 0. The maximum atomic E-state index is 12.3. The van der Waals surface area contributed by atoms with Gasteiger partial charge in [0.2, 0.25) is 0 Å². The first-order chi connectivity index (χ1) is 10.2. The normalized spacial score (nSPS) is 10.2. The lowest BCUT2D eigenvalue weighted by atomic mass is 10.1. The quantitative estimate of drug-likeness (QED) is 0.756. The predicted molar refractivity (Wildman–Crippen MR) is 79.4 cm³/mol. The number of nitrogens with one attached hydrogen (secondary N) is 2. The fourth-order valence-electron chi connectivity index (χ4n) is 1.94. The maximum absolute atomic E-state index is 12.3. The third-order valence-electron chi connectivity index (χ3n) is 2.92. The van der Waals surface area contributed by atoms with Crippen molar-refractivity contribution in [1.29, 1.82) is 5.26 Å². The molecule has 1 amide bonds. The standard InChI is InChI=1S/C14H8N4O2S/c15-7-8-5-6-21-14(8)16-13(20)11-9-3-1-2-4-10(9)12(19)18-17-11/h1-6H,(H,16,20)(H,18,19). The Hall–Kier alpha value is -2.98. The molecule has 102 valence electrons. The molecule has 0 saturated carbocycles. The van der Waals surface area contributed by atoms with E-state index in [0.717, 1.165) is 0 Å². The zero-order valence-electron chi connectivity index (χ0n) is 10.6. The van der Waals surface area contributed by atoms with E-state index in [1.807, 2.05) is 6.07 Å². The second kappa shape index (κ2) is 5.19. The molecule has 7 heteroatoms. The van der Waals surface area contributed by atoms with Gasteiger partial charge in [-0.3, -0.25) is 9.59 Å². The highest BCUT2D eigenvalue weighted by molar-refractivity contribution is 7.14. The van der Waals surface area contributed by atoms with Gasteiger partial charge in [0, 0.05) is 5.39 Å². The number of anilines is 1. The van der Waals surface area contributed by atoms with Gasteiger partial charge in [-0.2, -0.15) is 10.4 Å². The average molecular weight is 296 g/mol. The first-order valence-corrected chi connectivity index (χ1v) is 6.85. The van der Waals surface area contributed by atoms with E-state index in [0.29, 0.717) is 21.3 Å². The molecule has 0 aliphatic rings. The van der Waals surface area contributed by atoms with Crippen LogP contribution in [0.1, 0.15) is 16.1 Å². The van der Waals surface area contributed by atoms with Crippen molar-refractivity contribution in [1.82, 2.24) is 10.2 Å². The zero-order chi connectivity index (χ0) is 14.8. The smallest absolute Gasteiger partial charge is 0.277 e. The first kappa shape index (κ1) is 13.0. The molecule has 2 N–H and O–H groups in total. The molecule has 0 aliphatic carbocycles. The number of aromatic amines is 1. The van der Waals surface area contributed by atoms with Crippen LogP contribution >= 0.6 is 11.3 Å². The Bertz CT molecular complexity index is 936. The summed E-state index contributed by atoms with van der Waals surface area (Å²) in [6, 6.07) is 10.3. The van der Waals surface area contributed by atoms with Crippen LogP contribution in [0.2, 0.25) is 0 Å². The Morgan fingerprint density at radius 1 is 1.29 bits per heavy atom. The Balaban J connectivity index is 2.05. The van der Waals surface area contributed by atoms with Gasteiger partial charge in [-0.25, -0.2) is 5.10 Å². The van der Waals surface area contributed by atoms with Gasteiger partial charge in [-0.15, -0.1) is 11.3 Å². The van der Waals surface area contributed by atoms with Gasteiger partial charge in [0.1, 0.15) is 11.1 Å². The molecular weight excluding hydrogens is 288 g/mol. The average Bonchev–Trinajstić information content (AvgIpc) is 2.95. The van der Waals surface area contributed by atoms with E-state index < -0.39 is 5.91 Å². The number of thiophene rings is 1. The van der Waals surface area contributed by atoms with E-state index in [1.54, 1.807) is 35.7 Å². The molecule has 2 heterocycles. The van der Waals surface area contributed by atoms with Crippen molar-refractivity contribution in [3.63, 3.8) is 0 Å². The number of fused-ring (bicyclic) bond motifs is 1. The van der Waals surface area contributed by atoms with Crippen LogP contribution in [0.3, 0.4) is 0 Å². The molecule has 1 aromatic carbocycles. The lowest BCUT2D eigenvalue weighted by Crippen LogP contribution is -2.19. The summed E-state index contributed by atoms with van der Waals surface area (Å²) >= 11 is 1.25. The summed E-state index contributed by atoms with van der Waals surface area (Å²) in [5, 5.41) is 20.7. The number of nitriles is 1. The summed E-state index contributed by atoms with van der Waals surface area (Å²) in [6.45, 7) is 0. The molecule has 0 atom stereocenters. The number of benzene rings is 1. The van der Waals surface area contributed by atoms with Crippen molar-refractivity contribution in [3.8, 4) is 6.07 Å². The molecule has 0 radical (unpaired) electrons. The fourth-order valence-corrected chi connectivity index (χ4v) is 2.68. The van der Waals surface area contributed by atoms with Crippen LogP contribution in [0.15, 0.2) is 40.5 Å². The molecule has 6 nitrogen and oxygen atoms in total. The highest BCUT2D eigenvalue weighted by atomic mass is 32.1. The molecule has 0 saturated heterocycles. The number of amides is 1. The molecule has 0 aliphatic heterocycles. The lowest BCUT2D eigenvalue weighted by molar-refractivity contribution is 0.102. The third-order valence-corrected chi connectivity index (χ3v) is 3.75. The van der Waals surface area contributed by atoms with E-state index in [4.69, 9.17) is 5.26 Å². The van der Waals surface area contributed by atoms with E-state index in [2.05, 4.69) is 15.5 Å². The molecule has 0 fully saturated rings. The molecule has 2 aromatic heterocycles. The van der Waals surface area contributed by atoms with Crippen LogP contribution in [0.5, 0.6) is 0 Å². The Kier molecular flexibility index (Phi) is 3.22. The Morgan fingerprint density at radius 3 is 2.81 bits per heavy atom. The Morgan fingerprint density at radius 2 is 2.05 bits per heavy atom. The molecular formula is C14H8N4O2S. The predicted octanol–water partition coefficient (Wildman–Crippen LogP) is 2.11. The number of rotatable bonds is 2. The van der Waals surface area contributed by atoms with Crippen LogP contribution in [0.25, 0.3) is 10.8 Å². The van der Waals surface area contributed by atoms with Crippen molar-refractivity contribution in [2.45, 2.75) is 0 Å². The number of carbonyl (C=O) groups is 1. The lowest BCUT2D eigenvalue weighted by Gasteiger charge is -2.05. The molecule has 0 bridgehead atoms. The zero-order valence-corrected chi connectivity index (χ0v) is 11.4. The minimum Gasteiger partial charge on any atom is -0.311 e. The molecule has 0 unspecified atom stereocenters. The van der Waals surface area contributed by atoms with E-state index in [9.17, 15) is 9.59 Å². The van der Waals surface area contributed by atoms with Crippen molar-refractivity contribution in [2.75, 3.05) is 5.32 Å². The van der Waals surface area contributed by atoms with Gasteiger partial charge in [0.25, 0.3) is 11.5 Å². The number of H-pyrrole nitrogens is 1. The van der Waals surface area contributed by atoms with Crippen molar-refractivity contribution in [3.05, 3.63) is 57.3 Å². The topological polar surface area (TPSA) is 98.6 Å². The van der Waals surface area contributed by atoms with Crippen LogP contribution in [0, 0.1) is 11.3 Å². The molecule has 21 heavy (non-hydrogen) atoms. The van der Waals surface area contributed by atoms with Gasteiger partial charge in [-0.05, 0) is 17.5 Å². The first-order valence-electron chi connectivity index (χ1n) is 5.97. The molecule has 0 spiro atoms. The minimum atomic E-state index is -0.471. The fraction of sp³-hybridized carbons (Fsp3) is 0. The molecule has 3 rings (SSSR count). The van der Waals surface area contributed by atoms with Gasteiger partial charge in [-0.1, -0.05) is 18.2 Å². The number of aromatic nitrogens is 2. The van der Waals surface area contributed by atoms with Gasteiger partial charge >= 0.3 is 0 Å². The second-order valence-electron chi connectivity index (χ2n) is 4.18. The van der Waals surface area contributed by atoms with E-state index in [-0.39, 0.29) is 11.3 Å². The van der Waals surface area contributed by atoms with Crippen molar-refractivity contribution >= 4 is 33.0 Å². The van der Waals surface area contributed by atoms with Gasteiger partial charge in [0.15, 0.2) is 5.69 Å². The summed E-state index contributed by atoms with van der Waals surface area (Å²) in [6.07, 6.45) is 0. The summed E-state index contributed by atoms with van der Waals surface area (Å²) in [5.41, 5.74) is 0.153. The highest BCUT2D eigenvalue weighted by Gasteiger charge is 2.16. The summed E-state index contributed by atoms with van der Waals surface area (Å²) in [4.78, 5) is 24.0. The number of carbonyl (C=O) groups excluding carboxylic acids is 1. The van der Waals surface area contributed by atoms with Crippen molar-refractivity contribution < 1.29 is 4.79 Å². The number of hydrogen-bond donors (Lipinski definition) is 2. The third kappa shape index (κ3) is 2.28. The summed E-state index contributed by atoms with van der Waals surface area (Å²) in [5.74, 6) is -0.471. The van der Waals surface area contributed by atoms with E-state index in [1.165, 1.54) is 11.3 Å². The van der Waals surface area contributed by atoms with Crippen LogP contribution in [-0.4, -0.2) is 16.1 Å². The maximum Gasteiger partial charge on any atom is 0.277 e. The van der Waals surface area contributed by atoms with Crippen LogP contribution in [-0.2, 0) is 0 Å². The Labute approximate surface area is 122 Å². The minimum absolute atomic E-state index is 0.113. The SMILES string of the molecule is N#Cc1ccsc1NC(=O)c1n[nH]c(=O)c2ccccc12. The highest BCUT2D eigenvalue weighted by Crippen LogP contribution is 2.23.